The standard InChI is InChI=1S/C15H23N3O/c1-11-5-6-13(7-12(11)2)18-9-14(8-16-3)17(4)15(19)10-18/h5-7,14,16H,8-10H2,1-4H3. The number of benzene rings is 1. The number of carbonyl (C=O) groups excluding carboxylic acids is 1. The fourth-order valence-electron chi connectivity index (χ4n) is 2.48. The molecule has 1 fully saturated rings. The lowest BCUT2D eigenvalue weighted by Gasteiger charge is -2.40. The monoisotopic (exact) mass is 261 g/mol. The van der Waals surface area contributed by atoms with Crippen molar-refractivity contribution < 1.29 is 4.79 Å². The SMILES string of the molecule is CNCC1CN(c2ccc(C)c(C)c2)CC(=O)N1C. The summed E-state index contributed by atoms with van der Waals surface area (Å²) in [6.07, 6.45) is 0. The topological polar surface area (TPSA) is 35.6 Å². The Morgan fingerprint density at radius 3 is 2.68 bits per heavy atom. The van der Waals surface area contributed by atoms with Crippen molar-refractivity contribution in [2.45, 2.75) is 19.9 Å². The van der Waals surface area contributed by atoms with E-state index in [1.54, 1.807) is 0 Å². The molecule has 1 saturated heterocycles. The Hall–Kier alpha value is -1.55. The lowest BCUT2D eigenvalue weighted by atomic mass is 10.1. The summed E-state index contributed by atoms with van der Waals surface area (Å²) in [5.41, 5.74) is 3.70. The third-order valence-corrected chi connectivity index (χ3v) is 3.99. The number of amides is 1. The fraction of sp³-hybridized carbons (Fsp3) is 0.533. The van der Waals surface area contributed by atoms with Crippen LogP contribution in [-0.2, 0) is 4.79 Å². The zero-order valence-corrected chi connectivity index (χ0v) is 12.2. The van der Waals surface area contributed by atoms with Crippen LogP contribution in [-0.4, -0.2) is 50.6 Å². The average molecular weight is 261 g/mol. The molecule has 1 heterocycles. The van der Waals surface area contributed by atoms with Gasteiger partial charge in [0, 0.05) is 25.8 Å². The Morgan fingerprint density at radius 2 is 2.05 bits per heavy atom. The van der Waals surface area contributed by atoms with Crippen molar-refractivity contribution >= 4 is 11.6 Å². The number of piperazine rings is 1. The molecule has 4 heteroatoms. The van der Waals surface area contributed by atoms with Crippen molar-refractivity contribution in [3.05, 3.63) is 29.3 Å². The predicted octanol–water partition coefficient (Wildman–Crippen LogP) is 1.17. The van der Waals surface area contributed by atoms with Crippen molar-refractivity contribution in [3.63, 3.8) is 0 Å². The van der Waals surface area contributed by atoms with Gasteiger partial charge in [-0.2, -0.15) is 0 Å². The van der Waals surface area contributed by atoms with Crippen LogP contribution in [0.1, 0.15) is 11.1 Å². The van der Waals surface area contributed by atoms with E-state index in [1.807, 2.05) is 19.0 Å². The van der Waals surface area contributed by atoms with Crippen LogP contribution in [0.2, 0.25) is 0 Å². The highest BCUT2D eigenvalue weighted by molar-refractivity contribution is 5.83. The first-order chi connectivity index (χ1) is 9.02. The van der Waals surface area contributed by atoms with E-state index in [2.05, 4.69) is 42.3 Å². The van der Waals surface area contributed by atoms with Gasteiger partial charge in [0.05, 0.1) is 12.6 Å². The number of likely N-dealkylation sites (N-methyl/N-ethyl adjacent to an activating group) is 2. The smallest absolute Gasteiger partial charge is 0.242 e. The fourth-order valence-corrected chi connectivity index (χ4v) is 2.48. The summed E-state index contributed by atoms with van der Waals surface area (Å²) < 4.78 is 0. The van der Waals surface area contributed by atoms with Crippen molar-refractivity contribution in [3.8, 4) is 0 Å². The molecule has 19 heavy (non-hydrogen) atoms. The molecule has 0 bridgehead atoms. The Morgan fingerprint density at radius 1 is 1.32 bits per heavy atom. The Kier molecular flexibility index (Phi) is 4.10. The van der Waals surface area contributed by atoms with Gasteiger partial charge in [-0.25, -0.2) is 0 Å². The number of rotatable bonds is 3. The average Bonchev–Trinajstić information content (AvgIpc) is 2.38. The number of nitrogens with zero attached hydrogens (tertiary/aromatic N) is 2. The third-order valence-electron chi connectivity index (χ3n) is 3.99. The van der Waals surface area contributed by atoms with Gasteiger partial charge >= 0.3 is 0 Å². The Bertz CT molecular complexity index is 472. The lowest BCUT2D eigenvalue weighted by Crippen LogP contribution is -2.57. The van der Waals surface area contributed by atoms with Gasteiger partial charge in [-0.05, 0) is 44.2 Å². The van der Waals surface area contributed by atoms with E-state index < -0.39 is 0 Å². The molecule has 2 rings (SSSR count). The molecule has 0 radical (unpaired) electrons. The van der Waals surface area contributed by atoms with Crippen LogP contribution in [0.4, 0.5) is 5.69 Å². The van der Waals surface area contributed by atoms with E-state index in [-0.39, 0.29) is 11.9 Å². The van der Waals surface area contributed by atoms with Gasteiger partial charge < -0.3 is 15.1 Å². The molecule has 1 atom stereocenters. The maximum atomic E-state index is 12.1. The summed E-state index contributed by atoms with van der Waals surface area (Å²) in [5, 5.41) is 3.16. The minimum absolute atomic E-state index is 0.185. The molecule has 1 aromatic rings. The highest BCUT2D eigenvalue weighted by Crippen LogP contribution is 2.22. The van der Waals surface area contributed by atoms with Crippen LogP contribution in [0, 0.1) is 13.8 Å². The highest BCUT2D eigenvalue weighted by atomic mass is 16.2. The number of aryl methyl sites for hydroxylation is 2. The molecule has 4 nitrogen and oxygen atoms in total. The molecule has 1 aliphatic rings. The molecule has 1 aromatic carbocycles. The Labute approximate surface area is 115 Å². The van der Waals surface area contributed by atoms with Crippen molar-refractivity contribution in [1.82, 2.24) is 10.2 Å². The molecule has 0 saturated carbocycles. The second kappa shape index (κ2) is 5.61. The maximum absolute atomic E-state index is 12.1. The predicted molar refractivity (Wildman–Crippen MR) is 78.6 cm³/mol. The summed E-state index contributed by atoms with van der Waals surface area (Å²) in [7, 11) is 3.81. The van der Waals surface area contributed by atoms with Crippen LogP contribution < -0.4 is 10.2 Å². The molecule has 0 aromatic heterocycles. The molecule has 1 aliphatic heterocycles. The van der Waals surface area contributed by atoms with Gasteiger partial charge in [0.1, 0.15) is 0 Å². The van der Waals surface area contributed by atoms with E-state index >= 15 is 0 Å². The van der Waals surface area contributed by atoms with Gasteiger partial charge in [0.25, 0.3) is 0 Å². The molecule has 104 valence electrons. The number of hydrogen-bond donors (Lipinski definition) is 1. The maximum Gasteiger partial charge on any atom is 0.242 e. The molecule has 0 aliphatic carbocycles. The van der Waals surface area contributed by atoms with E-state index in [1.165, 1.54) is 11.1 Å². The zero-order valence-electron chi connectivity index (χ0n) is 12.2. The van der Waals surface area contributed by atoms with E-state index in [9.17, 15) is 4.79 Å². The minimum atomic E-state index is 0.185. The van der Waals surface area contributed by atoms with Crippen LogP contribution in [0.25, 0.3) is 0 Å². The van der Waals surface area contributed by atoms with Gasteiger partial charge in [0.2, 0.25) is 5.91 Å². The van der Waals surface area contributed by atoms with Crippen LogP contribution in [0.3, 0.4) is 0 Å². The number of hydrogen-bond acceptors (Lipinski definition) is 3. The molecule has 1 amide bonds. The van der Waals surface area contributed by atoms with Gasteiger partial charge in [-0.1, -0.05) is 6.07 Å². The van der Waals surface area contributed by atoms with Crippen LogP contribution in [0.15, 0.2) is 18.2 Å². The Balaban J connectivity index is 2.20. The summed E-state index contributed by atoms with van der Waals surface area (Å²) in [5.74, 6) is 0.185. The van der Waals surface area contributed by atoms with E-state index in [4.69, 9.17) is 0 Å². The summed E-state index contributed by atoms with van der Waals surface area (Å²) >= 11 is 0. The van der Waals surface area contributed by atoms with E-state index in [0.29, 0.717) is 6.54 Å². The largest absolute Gasteiger partial charge is 0.360 e. The number of nitrogens with one attached hydrogen (secondary N) is 1. The quantitative estimate of drug-likeness (QED) is 0.887. The van der Waals surface area contributed by atoms with Gasteiger partial charge in [-0.15, -0.1) is 0 Å². The number of carbonyl (C=O) groups is 1. The van der Waals surface area contributed by atoms with Crippen molar-refractivity contribution in [2.24, 2.45) is 0 Å². The summed E-state index contributed by atoms with van der Waals surface area (Å²) in [4.78, 5) is 16.1. The van der Waals surface area contributed by atoms with Gasteiger partial charge in [-0.3, -0.25) is 4.79 Å². The normalized spacial score (nSPS) is 20.0. The molecule has 1 unspecified atom stereocenters. The van der Waals surface area contributed by atoms with E-state index in [0.717, 1.165) is 18.8 Å². The summed E-state index contributed by atoms with van der Waals surface area (Å²) in [6.45, 7) is 6.40. The highest BCUT2D eigenvalue weighted by Gasteiger charge is 2.29. The van der Waals surface area contributed by atoms with Crippen molar-refractivity contribution in [1.29, 1.82) is 0 Å². The number of anilines is 1. The zero-order chi connectivity index (χ0) is 14.0. The minimum Gasteiger partial charge on any atom is -0.360 e. The lowest BCUT2D eigenvalue weighted by molar-refractivity contribution is -0.131. The molecule has 1 N–H and O–H groups in total. The first-order valence-electron chi connectivity index (χ1n) is 6.75. The first kappa shape index (κ1) is 13.9. The van der Waals surface area contributed by atoms with Crippen LogP contribution >= 0.6 is 0 Å². The van der Waals surface area contributed by atoms with Gasteiger partial charge in [0.15, 0.2) is 0 Å². The first-order valence-corrected chi connectivity index (χ1v) is 6.75. The van der Waals surface area contributed by atoms with Crippen molar-refractivity contribution in [2.75, 3.05) is 38.6 Å². The second-order valence-electron chi connectivity index (χ2n) is 5.37. The molecule has 0 spiro atoms. The summed E-state index contributed by atoms with van der Waals surface area (Å²) in [6, 6.07) is 6.63. The second-order valence-corrected chi connectivity index (χ2v) is 5.37. The van der Waals surface area contributed by atoms with Crippen LogP contribution in [0.5, 0.6) is 0 Å². The molecular formula is C15H23N3O. The molecular weight excluding hydrogens is 238 g/mol. The third kappa shape index (κ3) is 2.89.